The second kappa shape index (κ2) is 11.5. The summed E-state index contributed by atoms with van der Waals surface area (Å²) in [5, 5.41) is 21.6. The number of pyridine rings is 1. The number of hydrogen-bond donors (Lipinski definition) is 4. The molecule has 0 bridgehead atoms. The van der Waals surface area contributed by atoms with Gasteiger partial charge in [0.2, 0.25) is 0 Å². The molecule has 0 aliphatic rings. The molecular weight excluding hydrogens is 454 g/mol. The third-order valence-electron chi connectivity index (χ3n) is 5.32. The molecule has 5 N–H and O–H groups in total. The minimum absolute atomic E-state index is 0.0611. The molecule has 1 aromatic heterocycles. The molecule has 1 amide bonds. The van der Waals surface area contributed by atoms with E-state index in [2.05, 4.69) is 10.3 Å². The Labute approximate surface area is 202 Å². The van der Waals surface area contributed by atoms with Crippen LogP contribution in [0.15, 0.2) is 36.4 Å². The topological polar surface area (TPSA) is 153 Å². The summed E-state index contributed by atoms with van der Waals surface area (Å²) in [4.78, 5) is 28.7. The van der Waals surface area contributed by atoms with Crippen LogP contribution >= 0.6 is 0 Å². The van der Waals surface area contributed by atoms with Crippen LogP contribution in [0.1, 0.15) is 38.9 Å². The summed E-state index contributed by atoms with van der Waals surface area (Å²) in [6, 6.07) is 9.79. The Morgan fingerprint density at radius 2 is 1.97 bits per heavy atom. The van der Waals surface area contributed by atoms with Crippen molar-refractivity contribution in [1.29, 1.82) is 0 Å². The van der Waals surface area contributed by atoms with Gasteiger partial charge < -0.3 is 35.5 Å². The van der Waals surface area contributed by atoms with E-state index in [4.69, 9.17) is 25.1 Å². The lowest BCUT2D eigenvalue weighted by atomic mass is 10.1. The number of benzene rings is 2. The van der Waals surface area contributed by atoms with Gasteiger partial charge >= 0.3 is 5.97 Å². The molecule has 3 aromatic rings. The molecule has 1 unspecified atom stereocenters. The van der Waals surface area contributed by atoms with E-state index in [1.54, 1.807) is 50.2 Å². The van der Waals surface area contributed by atoms with Gasteiger partial charge in [-0.15, -0.1) is 0 Å². The van der Waals surface area contributed by atoms with Gasteiger partial charge in [0.1, 0.15) is 23.7 Å². The van der Waals surface area contributed by atoms with Crippen molar-refractivity contribution in [3.05, 3.63) is 58.8 Å². The molecule has 0 radical (unpaired) electrons. The highest BCUT2D eigenvalue weighted by molar-refractivity contribution is 6.06. The maximum atomic E-state index is 12.7. The number of aromatic nitrogens is 1. The summed E-state index contributed by atoms with van der Waals surface area (Å²) in [5.41, 5.74) is 8.19. The van der Waals surface area contributed by atoms with Gasteiger partial charge in [-0.1, -0.05) is 12.1 Å². The monoisotopic (exact) mass is 483 g/mol. The number of ether oxygens (including phenoxy) is 3. The third-order valence-corrected chi connectivity index (χ3v) is 5.32. The number of nitrogens with zero attached hydrogens (tertiary/aromatic N) is 1. The maximum Gasteiger partial charge on any atom is 0.339 e. The molecule has 35 heavy (non-hydrogen) atoms. The average molecular weight is 484 g/mol. The van der Waals surface area contributed by atoms with Crippen molar-refractivity contribution in [2.24, 2.45) is 0 Å². The number of carboxylic acid groups (broad SMARTS) is 1. The van der Waals surface area contributed by atoms with E-state index in [-0.39, 0.29) is 49.6 Å². The summed E-state index contributed by atoms with van der Waals surface area (Å²) >= 11 is 0. The summed E-state index contributed by atoms with van der Waals surface area (Å²) in [5.74, 6) is -0.593. The number of nitrogens with two attached hydrogens (primary N) is 1. The van der Waals surface area contributed by atoms with Gasteiger partial charge in [-0.3, -0.25) is 9.78 Å². The number of aliphatic hydroxyl groups excluding tert-OH is 1. The molecule has 10 nitrogen and oxygen atoms in total. The molecule has 0 fully saturated rings. The number of aromatic carboxylic acids is 1. The average Bonchev–Trinajstić information content (AvgIpc) is 2.82. The van der Waals surface area contributed by atoms with Crippen molar-refractivity contribution in [2.45, 2.75) is 26.5 Å². The molecule has 0 aliphatic carbocycles. The first-order chi connectivity index (χ1) is 16.8. The summed E-state index contributed by atoms with van der Waals surface area (Å²) < 4.78 is 16.6. The zero-order valence-corrected chi connectivity index (χ0v) is 19.8. The van der Waals surface area contributed by atoms with Crippen molar-refractivity contribution in [3.8, 4) is 11.5 Å². The number of carboxylic acids is 1. The molecule has 186 valence electrons. The molecule has 1 atom stereocenters. The highest BCUT2D eigenvalue weighted by atomic mass is 16.5. The normalized spacial score (nSPS) is 11.8. The second-order valence-electron chi connectivity index (χ2n) is 7.93. The first-order valence-corrected chi connectivity index (χ1v) is 11.0. The predicted octanol–water partition coefficient (Wildman–Crippen LogP) is 2.54. The zero-order valence-electron chi connectivity index (χ0n) is 19.8. The van der Waals surface area contributed by atoms with Crippen molar-refractivity contribution in [2.75, 3.05) is 32.7 Å². The Hall–Kier alpha value is -3.89. The molecule has 0 saturated heterocycles. The second-order valence-corrected chi connectivity index (χ2v) is 7.93. The van der Waals surface area contributed by atoms with Crippen LogP contribution in [-0.2, 0) is 11.3 Å². The lowest BCUT2D eigenvalue weighted by molar-refractivity contribution is 0.0696. The van der Waals surface area contributed by atoms with Crippen molar-refractivity contribution in [3.63, 3.8) is 0 Å². The van der Waals surface area contributed by atoms with Gasteiger partial charge in [0, 0.05) is 11.1 Å². The van der Waals surface area contributed by atoms with Gasteiger partial charge in [0.25, 0.3) is 5.91 Å². The van der Waals surface area contributed by atoms with Crippen LogP contribution in [0.4, 0.5) is 5.69 Å². The minimum atomic E-state index is -1.16. The fourth-order valence-corrected chi connectivity index (χ4v) is 3.65. The van der Waals surface area contributed by atoms with Crippen LogP contribution in [0.2, 0.25) is 0 Å². The van der Waals surface area contributed by atoms with Gasteiger partial charge in [0.15, 0.2) is 0 Å². The number of aryl methyl sites for hydroxylation is 1. The number of methoxy groups -OCH3 is 1. The largest absolute Gasteiger partial charge is 0.496 e. The number of fused-ring (bicyclic) bond motifs is 1. The Bertz CT molecular complexity index is 1230. The fourth-order valence-electron chi connectivity index (χ4n) is 3.65. The van der Waals surface area contributed by atoms with Crippen LogP contribution < -0.4 is 20.5 Å². The van der Waals surface area contributed by atoms with Crippen molar-refractivity contribution >= 4 is 28.5 Å². The van der Waals surface area contributed by atoms with Crippen molar-refractivity contribution < 1.29 is 34.0 Å². The first kappa shape index (κ1) is 25.7. The van der Waals surface area contributed by atoms with Crippen LogP contribution in [0.3, 0.4) is 0 Å². The summed E-state index contributed by atoms with van der Waals surface area (Å²) in [6.07, 6.45) is 0. The highest BCUT2D eigenvalue weighted by Crippen LogP contribution is 2.33. The summed E-state index contributed by atoms with van der Waals surface area (Å²) in [7, 11) is 1.50. The Balaban J connectivity index is 1.70. The molecule has 1 heterocycles. The van der Waals surface area contributed by atoms with E-state index in [1.807, 2.05) is 0 Å². The van der Waals surface area contributed by atoms with Gasteiger partial charge in [0.05, 0.1) is 55.3 Å². The van der Waals surface area contributed by atoms with E-state index in [0.29, 0.717) is 33.7 Å². The standard InChI is InChI=1S/C25H29N3O7/c1-14(27-24(30)16-7-8-17(13-34-10-9-29)20(11-16)33-3)12-35-19-6-4-5-18-22(19)23(26)21(25(31)32)15(2)28-18/h4-8,11,14,29H,9-10,12-13H2,1-3H3,(H2,26,28)(H,27,30)(H,31,32). The summed E-state index contributed by atoms with van der Waals surface area (Å²) in [6.45, 7) is 3.87. The van der Waals surface area contributed by atoms with Crippen LogP contribution in [0, 0.1) is 6.92 Å². The molecule has 0 saturated carbocycles. The lowest BCUT2D eigenvalue weighted by Gasteiger charge is -2.18. The van der Waals surface area contributed by atoms with E-state index in [0.717, 1.165) is 5.56 Å². The lowest BCUT2D eigenvalue weighted by Crippen LogP contribution is -2.36. The van der Waals surface area contributed by atoms with E-state index >= 15 is 0 Å². The molecule has 0 spiro atoms. The molecule has 0 aliphatic heterocycles. The number of nitrogens with one attached hydrogen (secondary N) is 1. The smallest absolute Gasteiger partial charge is 0.339 e. The van der Waals surface area contributed by atoms with Crippen molar-refractivity contribution in [1.82, 2.24) is 10.3 Å². The van der Waals surface area contributed by atoms with Gasteiger partial charge in [-0.2, -0.15) is 0 Å². The number of rotatable bonds is 11. The Morgan fingerprint density at radius 3 is 2.66 bits per heavy atom. The number of anilines is 1. The molecule has 10 heteroatoms. The number of aliphatic hydroxyl groups is 1. The molecule has 2 aromatic carbocycles. The zero-order chi connectivity index (χ0) is 25.5. The highest BCUT2D eigenvalue weighted by Gasteiger charge is 2.20. The van der Waals surface area contributed by atoms with Crippen LogP contribution in [0.5, 0.6) is 11.5 Å². The van der Waals surface area contributed by atoms with Crippen LogP contribution in [0.25, 0.3) is 10.9 Å². The number of carbonyl (C=O) groups is 2. The fraction of sp³-hybridized carbons (Fsp3) is 0.320. The SMILES string of the molecule is COc1cc(C(=O)NC(C)COc2cccc3nc(C)c(C(=O)O)c(N)c23)ccc1COCCO. The molecule has 3 rings (SSSR count). The number of carbonyl (C=O) groups excluding carboxylic acids is 1. The Kier molecular flexibility index (Phi) is 8.45. The van der Waals surface area contributed by atoms with E-state index in [1.165, 1.54) is 7.11 Å². The van der Waals surface area contributed by atoms with E-state index in [9.17, 15) is 14.7 Å². The quantitative estimate of drug-likeness (QED) is 0.301. The van der Waals surface area contributed by atoms with Gasteiger partial charge in [-0.25, -0.2) is 4.79 Å². The predicted molar refractivity (Wildman–Crippen MR) is 130 cm³/mol. The first-order valence-electron chi connectivity index (χ1n) is 11.0. The van der Waals surface area contributed by atoms with E-state index < -0.39 is 5.97 Å². The molecular formula is C25H29N3O7. The maximum absolute atomic E-state index is 12.7. The number of nitrogen functional groups attached to an aromatic ring is 1. The van der Waals surface area contributed by atoms with Crippen LogP contribution in [-0.4, -0.2) is 60.0 Å². The minimum Gasteiger partial charge on any atom is -0.496 e. The van der Waals surface area contributed by atoms with Gasteiger partial charge in [-0.05, 0) is 38.1 Å². The number of amides is 1. The Morgan fingerprint density at radius 1 is 1.20 bits per heavy atom. The third kappa shape index (κ3) is 5.97. The number of hydrogen-bond acceptors (Lipinski definition) is 8.